The van der Waals surface area contributed by atoms with Gasteiger partial charge in [0, 0.05) is 11.3 Å². The lowest BCUT2D eigenvalue weighted by Gasteiger charge is -2.69. The summed E-state index contributed by atoms with van der Waals surface area (Å²) < 4.78 is 5.43. The number of hydrogen-bond acceptors (Lipinski definition) is 5. The second-order valence-electron chi connectivity index (χ2n) is 16.1. The largest absolute Gasteiger partial charge is 0.469 e. The summed E-state index contributed by atoms with van der Waals surface area (Å²) in [6.07, 6.45) is 8.64. The van der Waals surface area contributed by atoms with Gasteiger partial charge in [-0.15, -0.1) is 0 Å². The molecule has 5 fully saturated rings. The molecule has 0 aromatic rings. The molecule has 0 heterocycles. The van der Waals surface area contributed by atoms with E-state index in [0.717, 1.165) is 44.9 Å². The van der Waals surface area contributed by atoms with Crippen LogP contribution in [0.5, 0.6) is 0 Å². The predicted octanol–water partition coefficient (Wildman–Crippen LogP) is 6.46. The Balaban J connectivity index is 1.52. The Morgan fingerprint density at radius 2 is 1.61 bits per heavy atom. The lowest BCUT2D eigenvalue weighted by atomic mass is 9.33. The fourth-order valence-corrected chi connectivity index (χ4v) is 11.6. The zero-order valence-corrected chi connectivity index (χ0v) is 24.6. The number of carbonyl (C=O) groups is 3. The molecule has 0 radical (unpaired) electrons. The fraction of sp³-hybridized carbons (Fsp3) is 0.818. The van der Waals surface area contributed by atoms with Gasteiger partial charge in [-0.2, -0.15) is 5.26 Å². The summed E-state index contributed by atoms with van der Waals surface area (Å²) in [5, 5.41) is 10.2. The molecule has 206 valence electrons. The Labute approximate surface area is 228 Å². The highest BCUT2D eigenvalue weighted by molar-refractivity contribution is 5.99. The maximum atomic E-state index is 14.5. The molecule has 0 amide bonds. The first-order valence-electron chi connectivity index (χ1n) is 14.8. The number of carbonyl (C=O) groups excluding carboxylic acids is 3. The lowest BCUT2D eigenvalue weighted by Crippen LogP contribution is -2.66. The van der Waals surface area contributed by atoms with Gasteiger partial charge in [-0.25, -0.2) is 0 Å². The number of ketones is 2. The normalized spacial score (nSPS) is 51.6. The van der Waals surface area contributed by atoms with Crippen LogP contribution in [-0.4, -0.2) is 24.6 Å². The quantitative estimate of drug-likeness (QED) is 0.371. The van der Waals surface area contributed by atoms with Crippen LogP contribution in [0.2, 0.25) is 0 Å². The predicted molar refractivity (Wildman–Crippen MR) is 143 cm³/mol. The van der Waals surface area contributed by atoms with Gasteiger partial charge in [0.05, 0.1) is 18.6 Å². The molecule has 0 saturated heterocycles. The van der Waals surface area contributed by atoms with Crippen LogP contribution in [0, 0.1) is 72.9 Å². The van der Waals surface area contributed by atoms with Crippen LogP contribution in [0.1, 0.15) is 99.8 Å². The van der Waals surface area contributed by atoms with E-state index in [1.807, 2.05) is 19.9 Å². The molecule has 9 atom stereocenters. The minimum Gasteiger partial charge on any atom is -0.469 e. The standard InChI is InChI=1S/C33H45NO4/c1-27(2)11-13-32(26(37)38-8)14-12-30(6)24(19(32)16-27)20(35)15-22-29(30,5)10-9-21-28(3,4)25(36)33(18-34)17-23(33)31(21,22)7/h15,19,21,23-24H,9-14,16-17H2,1-8H3/t19?,21-,23+,24?,29+,30+,31-,32-,33-/m0/s1. The van der Waals surface area contributed by atoms with Gasteiger partial charge in [-0.3, -0.25) is 14.4 Å². The zero-order valence-electron chi connectivity index (χ0n) is 24.6. The van der Waals surface area contributed by atoms with Gasteiger partial charge in [0.25, 0.3) is 0 Å². The van der Waals surface area contributed by atoms with Gasteiger partial charge < -0.3 is 4.74 Å². The molecule has 6 aliphatic rings. The Hall–Kier alpha value is -1.96. The number of fused-ring (bicyclic) bond motifs is 9. The Morgan fingerprint density at radius 1 is 0.947 bits per heavy atom. The van der Waals surface area contributed by atoms with E-state index >= 15 is 0 Å². The van der Waals surface area contributed by atoms with Gasteiger partial charge in [-0.05, 0) is 96.9 Å². The summed E-state index contributed by atoms with van der Waals surface area (Å²) in [4.78, 5) is 41.6. The van der Waals surface area contributed by atoms with Gasteiger partial charge in [0.1, 0.15) is 5.41 Å². The van der Waals surface area contributed by atoms with E-state index in [1.54, 1.807) is 0 Å². The summed E-state index contributed by atoms with van der Waals surface area (Å²) in [5.74, 6) is -0.00926. The molecule has 0 aliphatic heterocycles. The molecule has 6 aliphatic carbocycles. The summed E-state index contributed by atoms with van der Waals surface area (Å²) >= 11 is 0. The van der Waals surface area contributed by atoms with Gasteiger partial charge in [0.2, 0.25) is 0 Å². The smallest absolute Gasteiger partial charge is 0.312 e. The van der Waals surface area contributed by atoms with Crippen LogP contribution in [0.15, 0.2) is 11.6 Å². The molecule has 0 aromatic carbocycles. The molecule has 0 N–H and O–H groups in total. The highest BCUT2D eigenvalue weighted by Crippen LogP contribution is 2.81. The SMILES string of the molecule is COC(=O)[C@]12CCC(C)(C)CC1C1C(=O)C=C3[C@@]4(C)[C@H]5C[C@@]5(C#N)C(=O)C(C)(C)[C@@H]4CC[C@@]3(C)[C@]1(C)CC2. The second kappa shape index (κ2) is 7.21. The van der Waals surface area contributed by atoms with Crippen molar-refractivity contribution in [1.29, 1.82) is 5.26 Å². The van der Waals surface area contributed by atoms with Crippen molar-refractivity contribution in [2.24, 2.45) is 61.6 Å². The van der Waals surface area contributed by atoms with Crippen molar-refractivity contribution < 1.29 is 19.1 Å². The molecule has 5 saturated carbocycles. The number of nitriles is 1. The van der Waals surface area contributed by atoms with Crippen LogP contribution in [0.3, 0.4) is 0 Å². The molecule has 0 spiro atoms. The average Bonchev–Trinajstić information content (AvgIpc) is 3.61. The maximum Gasteiger partial charge on any atom is 0.312 e. The summed E-state index contributed by atoms with van der Waals surface area (Å²) in [6, 6.07) is 2.46. The van der Waals surface area contributed by atoms with Crippen LogP contribution < -0.4 is 0 Å². The molecule has 38 heavy (non-hydrogen) atoms. The number of hydrogen-bond donors (Lipinski definition) is 0. The zero-order chi connectivity index (χ0) is 27.9. The van der Waals surface area contributed by atoms with Crippen LogP contribution in [0.25, 0.3) is 0 Å². The Bertz CT molecular complexity index is 1240. The van der Waals surface area contributed by atoms with Crippen molar-refractivity contribution in [3.63, 3.8) is 0 Å². The number of methoxy groups -OCH3 is 1. The minimum atomic E-state index is -0.908. The van der Waals surface area contributed by atoms with Crippen LogP contribution in [-0.2, 0) is 19.1 Å². The third-order valence-electron chi connectivity index (χ3n) is 13.9. The highest BCUT2D eigenvalue weighted by Gasteiger charge is 2.80. The molecule has 2 unspecified atom stereocenters. The van der Waals surface area contributed by atoms with E-state index in [4.69, 9.17) is 4.74 Å². The van der Waals surface area contributed by atoms with E-state index in [9.17, 15) is 19.6 Å². The highest BCUT2D eigenvalue weighted by atomic mass is 16.5. The van der Waals surface area contributed by atoms with Crippen LogP contribution >= 0.6 is 0 Å². The summed E-state index contributed by atoms with van der Waals surface area (Å²) in [6.45, 7) is 15.6. The molecule has 0 aromatic heterocycles. The molecule has 5 nitrogen and oxygen atoms in total. The maximum absolute atomic E-state index is 14.5. The van der Waals surface area contributed by atoms with Crippen molar-refractivity contribution in [3.05, 3.63) is 11.6 Å². The van der Waals surface area contributed by atoms with E-state index in [1.165, 1.54) is 12.7 Å². The number of ether oxygens (including phenoxy) is 1. The number of Topliss-reactive ketones (excluding diaryl/α,β-unsaturated/α-hetero) is 1. The third-order valence-corrected chi connectivity index (χ3v) is 13.9. The molecular weight excluding hydrogens is 474 g/mol. The van der Waals surface area contributed by atoms with Gasteiger partial charge in [-0.1, -0.05) is 54.0 Å². The van der Waals surface area contributed by atoms with E-state index in [-0.39, 0.29) is 62.9 Å². The molecule has 5 heteroatoms. The number of allylic oxidation sites excluding steroid dienone is 2. The monoisotopic (exact) mass is 519 g/mol. The van der Waals surface area contributed by atoms with E-state index in [0.29, 0.717) is 6.42 Å². The number of nitrogens with zero attached hydrogens (tertiary/aromatic N) is 1. The van der Waals surface area contributed by atoms with E-state index in [2.05, 4.69) is 40.7 Å². The van der Waals surface area contributed by atoms with Crippen LogP contribution in [0.4, 0.5) is 0 Å². The first-order chi connectivity index (χ1) is 17.5. The van der Waals surface area contributed by atoms with Crippen molar-refractivity contribution in [2.45, 2.75) is 99.8 Å². The Kier molecular flexibility index (Phi) is 4.99. The lowest BCUT2D eigenvalue weighted by molar-refractivity contribution is -0.193. The van der Waals surface area contributed by atoms with Gasteiger partial charge in [0.15, 0.2) is 11.6 Å². The topological polar surface area (TPSA) is 84.2 Å². The van der Waals surface area contributed by atoms with Crippen molar-refractivity contribution in [1.82, 2.24) is 0 Å². The van der Waals surface area contributed by atoms with Gasteiger partial charge >= 0.3 is 5.97 Å². The molecular formula is C33H45NO4. The van der Waals surface area contributed by atoms with Crippen molar-refractivity contribution in [3.8, 4) is 6.07 Å². The summed E-state index contributed by atoms with van der Waals surface area (Å²) in [7, 11) is 1.50. The summed E-state index contributed by atoms with van der Waals surface area (Å²) in [5.41, 5.74) is -1.67. The molecule has 6 rings (SSSR count). The fourth-order valence-electron chi connectivity index (χ4n) is 11.6. The molecule has 0 bridgehead atoms. The number of rotatable bonds is 1. The minimum absolute atomic E-state index is 0.0179. The third kappa shape index (κ3) is 2.67. The second-order valence-corrected chi connectivity index (χ2v) is 16.1. The first-order valence-corrected chi connectivity index (χ1v) is 14.8. The van der Waals surface area contributed by atoms with E-state index < -0.39 is 16.2 Å². The first kappa shape index (κ1) is 26.3. The number of esters is 1. The Morgan fingerprint density at radius 3 is 2.24 bits per heavy atom. The average molecular weight is 520 g/mol. The van der Waals surface area contributed by atoms with Crippen molar-refractivity contribution in [2.75, 3.05) is 7.11 Å². The van der Waals surface area contributed by atoms with Crippen molar-refractivity contribution >= 4 is 17.5 Å².